The summed E-state index contributed by atoms with van der Waals surface area (Å²) < 4.78 is 0. The number of fused-ring (bicyclic) bond motifs is 1. The fourth-order valence-electron chi connectivity index (χ4n) is 3.30. The van der Waals surface area contributed by atoms with Crippen LogP contribution in [0.2, 0.25) is 0 Å². The van der Waals surface area contributed by atoms with Crippen LogP contribution in [-0.4, -0.2) is 39.5 Å². The van der Waals surface area contributed by atoms with Crippen LogP contribution in [-0.2, 0) is 4.79 Å². The van der Waals surface area contributed by atoms with E-state index in [0.29, 0.717) is 18.7 Å². The van der Waals surface area contributed by atoms with Gasteiger partial charge in [-0.3, -0.25) is 4.79 Å². The molecule has 0 bridgehead atoms. The summed E-state index contributed by atoms with van der Waals surface area (Å²) in [7, 11) is 0. The van der Waals surface area contributed by atoms with Gasteiger partial charge in [0.25, 0.3) is 5.91 Å². The average molecular weight is 300 g/mol. The van der Waals surface area contributed by atoms with Gasteiger partial charge >= 0.3 is 5.97 Å². The Morgan fingerprint density at radius 1 is 1.23 bits per heavy atom. The van der Waals surface area contributed by atoms with E-state index in [4.69, 9.17) is 0 Å². The maximum Gasteiger partial charge on any atom is 0.326 e. The number of piperidine rings is 1. The zero-order valence-electron chi connectivity index (χ0n) is 12.8. The second-order valence-electron chi connectivity index (χ2n) is 6.07. The Balaban J connectivity index is 1.97. The molecule has 5 heteroatoms. The number of amides is 1. The number of carboxylic acids is 1. The minimum Gasteiger partial charge on any atom is -0.480 e. The molecule has 0 radical (unpaired) electrons. The Morgan fingerprint density at radius 3 is 2.73 bits per heavy atom. The molecular weight excluding hydrogens is 280 g/mol. The number of likely N-dealkylation sites (tertiary alicyclic amines) is 1. The van der Waals surface area contributed by atoms with E-state index in [1.165, 1.54) is 4.90 Å². The maximum absolute atomic E-state index is 12.7. The van der Waals surface area contributed by atoms with Gasteiger partial charge in [0.15, 0.2) is 0 Å². The topological polar surface area (TPSA) is 73.4 Å². The lowest BCUT2D eigenvalue weighted by atomic mass is 10.0. The molecule has 0 saturated carbocycles. The van der Waals surface area contributed by atoms with Crippen molar-refractivity contribution in [3.8, 4) is 0 Å². The number of aryl methyl sites for hydroxylation is 2. The molecule has 5 nitrogen and oxygen atoms in total. The van der Waals surface area contributed by atoms with E-state index in [1.807, 2.05) is 26.0 Å². The Bertz CT molecular complexity index is 748. The van der Waals surface area contributed by atoms with E-state index in [9.17, 15) is 14.7 Å². The van der Waals surface area contributed by atoms with E-state index >= 15 is 0 Å². The molecule has 1 unspecified atom stereocenters. The van der Waals surface area contributed by atoms with E-state index in [2.05, 4.69) is 11.1 Å². The summed E-state index contributed by atoms with van der Waals surface area (Å²) in [5.41, 5.74) is 3.63. The molecular formula is C17H20N2O3. The predicted molar refractivity (Wildman–Crippen MR) is 84.1 cm³/mol. The van der Waals surface area contributed by atoms with Crippen molar-refractivity contribution in [2.75, 3.05) is 6.54 Å². The van der Waals surface area contributed by atoms with Crippen LogP contribution in [0, 0.1) is 13.8 Å². The number of hydrogen-bond acceptors (Lipinski definition) is 2. The van der Waals surface area contributed by atoms with Crippen LogP contribution >= 0.6 is 0 Å². The van der Waals surface area contributed by atoms with Crippen LogP contribution in [0.4, 0.5) is 0 Å². The lowest BCUT2D eigenvalue weighted by Crippen LogP contribution is -2.48. The van der Waals surface area contributed by atoms with Gasteiger partial charge in [-0.05, 0) is 56.4 Å². The second kappa shape index (κ2) is 5.48. The van der Waals surface area contributed by atoms with Gasteiger partial charge < -0.3 is 15.0 Å². The standard InChI is InChI=1S/C17H20N2O3/c1-10-7-11(2)12-9-14(18-13(12)8-10)16(20)19-6-4-3-5-15(19)17(21)22/h7-9,15,18H,3-6H2,1-2H3,(H,21,22). The van der Waals surface area contributed by atoms with Crippen LogP contribution in [0.25, 0.3) is 10.9 Å². The number of aromatic amines is 1. The van der Waals surface area contributed by atoms with Crippen LogP contribution in [0.15, 0.2) is 18.2 Å². The van der Waals surface area contributed by atoms with Gasteiger partial charge in [0, 0.05) is 17.4 Å². The Hall–Kier alpha value is -2.30. The lowest BCUT2D eigenvalue weighted by molar-refractivity contribution is -0.143. The first-order valence-electron chi connectivity index (χ1n) is 7.61. The van der Waals surface area contributed by atoms with E-state index in [-0.39, 0.29) is 5.91 Å². The van der Waals surface area contributed by atoms with E-state index in [0.717, 1.165) is 34.9 Å². The van der Waals surface area contributed by atoms with Gasteiger partial charge in [0.2, 0.25) is 0 Å². The predicted octanol–water partition coefficient (Wildman–Crippen LogP) is 2.86. The first-order valence-corrected chi connectivity index (χ1v) is 7.61. The minimum absolute atomic E-state index is 0.222. The van der Waals surface area contributed by atoms with Crippen molar-refractivity contribution in [2.24, 2.45) is 0 Å². The van der Waals surface area contributed by atoms with Gasteiger partial charge in [0.1, 0.15) is 11.7 Å². The molecule has 1 aliphatic rings. The number of H-pyrrole nitrogens is 1. The highest BCUT2D eigenvalue weighted by Gasteiger charge is 2.33. The van der Waals surface area contributed by atoms with Gasteiger partial charge in [-0.1, -0.05) is 6.07 Å². The smallest absolute Gasteiger partial charge is 0.326 e. The molecule has 22 heavy (non-hydrogen) atoms. The highest BCUT2D eigenvalue weighted by molar-refractivity contribution is 6.00. The van der Waals surface area contributed by atoms with Gasteiger partial charge in [-0.25, -0.2) is 4.79 Å². The molecule has 2 aromatic rings. The largest absolute Gasteiger partial charge is 0.480 e. The van der Waals surface area contributed by atoms with Crippen LogP contribution in [0.5, 0.6) is 0 Å². The first-order chi connectivity index (χ1) is 10.5. The third-order valence-corrected chi connectivity index (χ3v) is 4.37. The first kappa shape index (κ1) is 14.6. The third kappa shape index (κ3) is 2.47. The molecule has 0 aliphatic carbocycles. The fourth-order valence-corrected chi connectivity index (χ4v) is 3.30. The number of nitrogens with one attached hydrogen (secondary N) is 1. The van der Waals surface area contributed by atoms with Crippen LogP contribution in [0.3, 0.4) is 0 Å². The van der Waals surface area contributed by atoms with Crippen molar-refractivity contribution >= 4 is 22.8 Å². The number of carbonyl (C=O) groups is 2. The Kier molecular flexibility index (Phi) is 3.64. The summed E-state index contributed by atoms with van der Waals surface area (Å²) in [5, 5.41) is 10.3. The second-order valence-corrected chi connectivity index (χ2v) is 6.07. The summed E-state index contributed by atoms with van der Waals surface area (Å²) >= 11 is 0. The molecule has 1 aliphatic heterocycles. The molecule has 0 spiro atoms. The quantitative estimate of drug-likeness (QED) is 0.895. The summed E-state index contributed by atoms with van der Waals surface area (Å²) in [4.78, 5) is 28.7. The summed E-state index contributed by atoms with van der Waals surface area (Å²) in [5.74, 6) is -1.14. The van der Waals surface area contributed by atoms with Crippen molar-refractivity contribution in [3.05, 3.63) is 35.0 Å². The Morgan fingerprint density at radius 2 is 2.00 bits per heavy atom. The van der Waals surface area contributed by atoms with Crippen molar-refractivity contribution in [1.29, 1.82) is 0 Å². The van der Waals surface area contributed by atoms with Crippen molar-refractivity contribution in [2.45, 2.75) is 39.2 Å². The number of aromatic nitrogens is 1. The molecule has 3 rings (SSSR count). The fraction of sp³-hybridized carbons (Fsp3) is 0.412. The number of nitrogens with zero attached hydrogens (tertiary/aromatic N) is 1. The summed E-state index contributed by atoms with van der Waals surface area (Å²) in [6, 6.07) is 5.20. The number of aliphatic carboxylic acids is 1. The summed E-state index contributed by atoms with van der Waals surface area (Å²) in [6.07, 6.45) is 2.24. The molecule has 1 aromatic heterocycles. The van der Waals surface area contributed by atoms with Crippen molar-refractivity contribution in [1.82, 2.24) is 9.88 Å². The highest BCUT2D eigenvalue weighted by atomic mass is 16.4. The molecule has 2 N–H and O–H groups in total. The molecule has 1 aromatic carbocycles. The molecule has 1 amide bonds. The zero-order chi connectivity index (χ0) is 15.9. The van der Waals surface area contributed by atoms with Gasteiger partial charge in [-0.2, -0.15) is 0 Å². The van der Waals surface area contributed by atoms with E-state index in [1.54, 1.807) is 0 Å². The van der Waals surface area contributed by atoms with Crippen LogP contribution in [0.1, 0.15) is 40.9 Å². The molecule has 116 valence electrons. The number of carbonyl (C=O) groups excluding carboxylic acids is 1. The SMILES string of the molecule is Cc1cc(C)c2cc(C(=O)N3CCCCC3C(=O)O)[nH]c2c1. The monoisotopic (exact) mass is 300 g/mol. The number of hydrogen-bond donors (Lipinski definition) is 2. The number of benzene rings is 1. The average Bonchev–Trinajstić information content (AvgIpc) is 2.90. The highest BCUT2D eigenvalue weighted by Crippen LogP contribution is 2.24. The molecule has 1 fully saturated rings. The number of carboxylic acid groups (broad SMARTS) is 1. The normalized spacial score (nSPS) is 18.6. The molecule has 2 heterocycles. The van der Waals surface area contributed by atoms with Crippen molar-refractivity contribution in [3.63, 3.8) is 0 Å². The third-order valence-electron chi connectivity index (χ3n) is 4.37. The summed E-state index contributed by atoms with van der Waals surface area (Å²) in [6.45, 7) is 4.53. The maximum atomic E-state index is 12.7. The molecule has 1 saturated heterocycles. The van der Waals surface area contributed by atoms with Crippen LogP contribution < -0.4 is 0 Å². The van der Waals surface area contributed by atoms with E-state index < -0.39 is 12.0 Å². The molecule has 1 atom stereocenters. The van der Waals surface area contributed by atoms with Crippen molar-refractivity contribution < 1.29 is 14.7 Å². The number of rotatable bonds is 2. The lowest BCUT2D eigenvalue weighted by Gasteiger charge is -2.32. The zero-order valence-corrected chi connectivity index (χ0v) is 12.8. The Labute approximate surface area is 128 Å². The van der Waals surface area contributed by atoms with Gasteiger partial charge in [-0.15, -0.1) is 0 Å². The van der Waals surface area contributed by atoms with Gasteiger partial charge in [0.05, 0.1) is 0 Å². The minimum atomic E-state index is -0.920.